The molecular formula is C30H31NO8. The summed E-state index contributed by atoms with van der Waals surface area (Å²) in [4.78, 5) is 48.4. The van der Waals surface area contributed by atoms with Crippen molar-refractivity contribution in [1.29, 1.82) is 0 Å². The van der Waals surface area contributed by atoms with E-state index in [-0.39, 0.29) is 18.6 Å². The van der Waals surface area contributed by atoms with E-state index >= 15 is 0 Å². The summed E-state index contributed by atoms with van der Waals surface area (Å²) < 4.78 is 16.9. The molecule has 39 heavy (non-hydrogen) atoms. The van der Waals surface area contributed by atoms with Crippen molar-refractivity contribution in [3.05, 3.63) is 102 Å². The van der Waals surface area contributed by atoms with Crippen LogP contribution in [0.4, 0.5) is 4.79 Å². The zero-order chi connectivity index (χ0) is 28.4. The van der Waals surface area contributed by atoms with Crippen LogP contribution >= 0.6 is 0 Å². The first kappa shape index (κ1) is 28.9. The normalized spacial score (nSPS) is 11.8. The second-order valence-electron chi connectivity index (χ2n) is 9.63. The maximum atomic E-state index is 13.4. The van der Waals surface area contributed by atoms with Crippen molar-refractivity contribution in [1.82, 2.24) is 5.32 Å². The SMILES string of the molecule is CC(C)(C)OC(=O)N[C@H](CCOc1ccc(C(=O)C(=O)O)cc1)C(=O)OC(c1ccccc1)c1ccccc1. The average Bonchev–Trinajstić information content (AvgIpc) is 2.91. The molecule has 0 aliphatic heterocycles. The van der Waals surface area contributed by atoms with E-state index < -0.39 is 41.6 Å². The standard InChI is InChI=1S/C30H31NO8/c1-30(2,3)39-29(36)31-24(18-19-37-23-16-14-20(15-17-23)25(32)27(33)34)28(35)38-26(21-10-6-4-7-11-21)22-12-8-5-9-13-22/h4-17,24,26H,18-19H2,1-3H3,(H,31,36)(H,33,34)/t24-/m1/s1. The molecule has 0 aliphatic carbocycles. The summed E-state index contributed by atoms with van der Waals surface area (Å²) in [5.74, 6) is -2.91. The Morgan fingerprint density at radius 3 is 1.85 bits per heavy atom. The number of rotatable bonds is 11. The Balaban J connectivity index is 1.74. The van der Waals surface area contributed by atoms with Crippen LogP contribution in [0.25, 0.3) is 0 Å². The van der Waals surface area contributed by atoms with Gasteiger partial charge in [0.15, 0.2) is 6.10 Å². The van der Waals surface area contributed by atoms with Gasteiger partial charge in [-0.1, -0.05) is 60.7 Å². The number of ketones is 1. The van der Waals surface area contributed by atoms with Gasteiger partial charge in [-0.15, -0.1) is 0 Å². The van der Waals surface area contributed by atoms with Crippen molar-refractivity contribution in [3.8, 4) is 5.75 Å². The van der Waals surface area contributed by atoms with Gasteiger partial charge in [0.25, 0.3) is 5.78 Å². The van der Waals surface area contributed by atoms with Crippen LogP contribution in [0.2, 0.25) is 0 Å². The summed E-state index contributed by atoms with van der Waals surface area (Å²) in [6.07, 6.45) is -1.44. The fraction of sp³-hybridized carbons (Fsp3) is 0.267. The Labute approximate surface area is 226 Å². The molecule has 9 heteroatoms. The number of ether oxygens (including phenoxy) is 3. The van der Waals surface area contributed by atoms with Gasteiger partial charge in [0.2, 0.25) is 0 Å². The third-order valence-corrected chi connectivity index (χ3v) is 5.40. The minimum absolute atomic E-state index is 0.00310. The number of carboxylic acid groups (broad SMARTS) is 1. The van der Waals surface area contributed by atoms with Gasteiger partial charge >= 0.3 is 18.0 Å². The van der Waals surface area contributed by atoms with Crippen molar-refractivity contribution >= 4 is 23.8 Å². The molecule has 3 aromatic carbocycles. The predicted octanol–water partition coefficient (Wildman–Crippen LogP) is 4.95. The van der Waals surface area contributed by atoms with Gasteiger partial charge < -0.3 is 24.6 Å². The summed E-state index contributed by atoms with van der Waals surface area (Å²) in [5, 5.41) is 11.4. The van der Waals surface area contributed by atoms with Gasteiger partial charge in [0.1, 0.15) is 17.4 Å². The summed E-state index contributed by atoms with van der Waals surface area (Å²) >= 11 is 0. The Kier molecular flexibility index (Phi) is 9.80. The van der Waals surface area contributed by atoms with Crippen molar-refractivity contribution in [2.75, 3.05) is 6.61 Å². The molecule has 1 atom stereocenters. The summed E-state index contributed by atoms with van der Waals surface area (Å²) in [5.41, 5.74) is 0.761. The third-order valence-electron chi connectivity index (χ3n) is 5.40. The van der Waals surface area contributed by atoms with E-state index in [0.29, 0.717) is 5.75 Å². The number of alkyl carbamates (subject to hydrolysis) is 1. The minimum Gasteiger partial charge on any atom is -0.494 e. The second kappa shape index (κ2) is 13.2. The molecule has 1 amide bonds. The highest BCUT2D eigenvalue weighted by Crippen LogP contribution is 2.26. The average molecular weight is 534 g/mol. The van der Waals surface area contributed by atoms with Crippen molar-refractivity contribution in [2.45, 2.75) is 44.9 Å². The highest BCUT2D eigenvalue weighted by Gasteiger charge is 2.29. The molecule has 204 valence electrons. The van der Waals surface area contributed by atoms with Crippen LogP contribution in [0, 0.1) is 0 Å². The van der Waals surface area contributed by atoms with E-state index in [4.69, 9.17) is 19.3 Å². The second-order valence-corrected chi connectivity index (χ2v) is 9.63. The Morgan fingerprint density at radius 2 is 1.36 bits per heavy atom. The van der Waals surface area contributed by atoms with Gasteiger partial charge in [0.05, 0.1) is 6.61 Å². The Morgan fingerprint density at radius 1 is 0.821 bits per heavy atom. The Bertz CT molecular complexity index is 1230. The number of benzene rings is 3. The molecule has 0 saturated carbocycles. The molecule has 0 aromatic heterocycles. The third kappa shape index (κ3) is 8.99. The lowest BCUT2D eigenvalue weighted by Gasteiger charge is -2.25. The van der Waals surface area contributed by atoms with Crippen molar-refractivity contribution < 1.29 is 38.5 Å². The summed E-state index contributed by atoms with van der Waals surface area (Å²) in [6.45, 7) is 5.14. The quantitative estimate of drug-likeness (QED) is 0.201. The first-order chi connectivity index (χ1) is 18.5. The zero-order valence-corrected chi connectivity index (χ0v) is 22.0. The first-order valence-electron chi connectivity index (χ1n) is 12.3. The number of amides is 1. The van der Waals surface area contributed by atoms with Crippen LogP contribution in [0.1, 0.15) is 54.8 Å². The van der Waals surface area contributed by atoms with Crippen LogP contribution < -0.4 is 10.1 Å². The van der Waals surface area contributed by atoms with E-state index in [1.807, 2.05) is 60.7 Å². The summed E-state index contributed by atoms with van der Waals surface area (Å²) in [6, 6.07) is 23.0. The smallest absolute Gasteiger partial charge is 0.408 e. The van der Waals surface area contributed by atoms with Crippen LogP contribution in [0.5, 0.6) is 5.75 Å². The highest BCUT2D eigenvalue weighted by atomic mass is 16.6. The highest BCUT2D eigenvalue weighted by molar-refractivity contribution is 6.39. The predicted molar refractivity (Wildman–Crippen MR) is 142 cm³/mol. The van der Waals surface area contributed by atoms with E-state index in [1.54, 1.807) is 20.8 Å². The van der Waals surface area contributed by atoms with Crippen LogP contribution in [-0.4, -0.2) is 47.2 Å². The zero-order valence-electron chi connectivity index (χ0n) is 22.0. The molecule has 0 saturated heterocycles. The molecule has 0 fully saturated rings. The lowest BCUT2D eigenvalue weighted by molar-refractivity contribution is -0.150. The number of Topliss-reactive ketones (excluding diaryl/α,β-unsaturated/α-hetero) is 1. The first-order valence-corrected chi connectivity index (χ1v) is 12.3. The number of aliphatic carboxylic acids is 1. The van der Waals surface area contributed by atoms with Gasteiger partial charge in [-0.2, -0.15) is 0 Å². The number of carboxylic acids is 1. The molecule has 3 aromatic rings. The number of esters is 1. The Hall–Kier alpha value is -4.66. The van der Waals surface area contributed by atoms with Crippen molar-refractivity contribution in [2.24, 2.45) is 0 Å². The fourth-order valence-corrected chi connectivity index (χ4v) is 3.60. The molecule has 0 heterocycles. The van der Waals surface area contributed by atoms with Gasteiger partial charge in [-0.05, 0) is 56.2 Å². The van der Waals surface area contributed by atoms with E-state index in [0.717, 1.165) is 11.1 Å². The molecule has 3 rings (SSSR count). The molecule has 0 spiro atoms. The molecule has 0 bridgehead atoms. The van der Waals surface area contributed by atoms with E-state index in [9.17, 15) is 19.2 Å². The van der Waals surface area contributed by atoms with Gasteiger partial charge in [-0.3, -0.25) is 4.79 Å². The van der Waals surface area contributed by atoms with Crippen molar-refractivity contribution in [3.63, 3.8) is 0 Å². The van der Waals surface area contributed by atoms with E-state index in [1.165, 1.54) is 24.3 Å². The van der Waals surface area contributed by atoms with Crippen LogP contribution in [0.3, 0.4) is 0 Å². The number of hydrogen-bond donors (Lipinski definition) is 2. The number of carbonyl (C=O) groups excluding carboxylic acids is 3. The van der Waals surface area contributed by atoms with E-state index in [2.05, 4.69) is 5.32 Å². The number of nitrogens with one attached hydrogen (secondary N) is 1. The lowest BCUT2D eigenvalue weighted by atomic mass is 10.0. The largest absolute Gasteiger partial charge is 0.494 e. The molecule has 9 nitrogen and oxygen atoms in total. The molecule has 2 N–H and O–H groups in total. The molecule has 0 radical (unpaired) electrons. The van der Waals surface area contributed by atoms with Crippen LogP contribution in [-0.2, 0) is 19.1 Å². The maximum absolute atomic E-state index is 13.4. The molecule has 0 aliphatic rings. The van der Waals surface area contributed by atoms with Crippen LogP contribution in [0.15, 0.2) is 84.9 Å². The molecular weight excluding hydrogens is 502 g/mol. The fourth-order valence-electron chi connectivity index (χ4n) is 3.60. The minimum atomic E-state index is -1.55. The maximum Gasteiger partial charge on any atom is 0.408 e. The number of carbonyl (C=O) groups is 4. The lowest BCUT2D eigenvalue weighted by Crippen LogP contribution is -2.45. The topological polar surface area (TPSA) is 128 Å². The molecule has 0 unspecified atom stereocenters. The summed E-state index contributed by atoms with van der Waals surface area (Å²) in [7, 11) is 0. The van der Waals surface area contributed by atoms with Gasteiger partial charge in [-0.25, -0.2) is 14.4 Å². The van der Waals surface area contributed by atoms with Gasteiger partial charge in [0, 0.05) is 12.0 Å². The number of hydrogen-bond acceptors (Lipinski definition) is 7. The monoisotopic (exact) mass is 533 g/mol.